The van der Waals surface area contributed by atoms with Crippen LogP contribution in [-0.2, 0) is 10.9 Å². The first kappa shape index (κ1) is 16.5. The normalized spacial score (nSPS) is 11.2. The number of aryl methyl sites for hydroxylation is 1. The number of phenols is 1. The number of hydrogen-bond donors (Lipinski definition) is 2. The van der Waals surface area contributed by atoms with Gasteiger partial charge in [0.15, 0.2) is 5.69 Å². The van der Waals surface area contributed by atoms with Crippen molar-refractivity contribution in [2.24, 2.45) is 0 Å². The number of carbonyl (C=O) groups is 1. The molecule has 122 valence electrons. The molecule has 0 radical (unpaired) electrons. The molecule has 0 aliphatic heterocycles. The molecule has 0 atom stereocenters. The van der Waals surface area contributed by atoms with Crippen molar-refractivity contribution >= 4 is 17.6 Å². The Kier molecular flexibility index (Phi) is 4.39. The van der Waals surface area contributed by atoms with Crippen molar-refractivity contribution in [1.29, 1.82) is 0 Å². The lowest BCUT2D eigenvalue weighted by Crippen LogP contribution is -2.18. The minimum atomic E-state index is -4.86. The lowest BCUT2D eigenvalue weighted by Gasteiger charge is -2.13. The van der Waals surface area contributed by atoms with Crippen LogP contribution in [0, 0.1) is 6.92 Å². The maximum atomic E-state index is 13.0. The van der Waals surface area contributed by atoms with E-state index >= 15 is 0 Å². The van der Waals surface area contributed by atoms with Crippen molar-refractivity contribution in [3.8, 4) is 5.75 Å². The van der Waals surface area contributed by atoms with Crippen molar-refractivity contribution in [2.45, 2.75) is 13.1 Å². The average Bonchev–Trinajstić information content (AvgIpc) is 2.48. The first-order valence-electron chi connectivity index (χ1n) is 6.31. The Morgan fingerprint density at radius 1 is 1.35 bits per heavy atom. The van der Waals surface area contributed by atoms with E-state index in [-0.39, 0.29) is 11.4 Å². The summed E-state index contributed by atoms with van der Waals surface area (Å²) >= 11 is 0. The van der Waals surface area contributed by atoms with E-state index in [4.69, 9.17) is 0 Å². The number of nitrogens with one attached hydrogen (secondary N) is 1. The molecule has 1 aromatic heterocycles. The number of halogens is 3. The summed E-state index contributed by atoms with van der Waals surface area (Å²) in [4.78, 5) is 18.3. The Balaban J connectivity index is 2.43. The molecule has 1 aromatic carbocycles. The number of alkyl halides is 3. The number of anilines is 2. The summed E-state index contributed by atoms with van der Waals surface area (Å²) < 4.78 is 43.3. The maximum absolute atomic E-state index is 13.0. The lowest BCUT2D eigenvalue weighted by atomic mass is 10.2. The highest BCUT2D eigenvalue weighted by molar-refractivity contribution is 5.90. The number of carbonyl (C=O) groups excluding carboxylic acids is 1. The second kappa shape index (κ2) is 6.11. The smallest absolute Gasteiger partial charge is 0.434 e. The van der Waals surface area contributed by atoms with E-state index in [9.17, 15) is 23.1 Å². The summed E-state index contributed by atoms with van der Waals surface area (Å²) in [5.41, 5.74) is -1.31. The zero-order valence-corrected chi connectivity index (χ0v) is 12.1. The number of esters is 1. The molecule has 0 saturated carbocycles. The van der Waals surface area contributed by atoms with Crippen molar-refractivity contribution in [1.82, 2.24) is 9.97 Å². The van der Waals surface area contributed by atoms with E-state index in [1.165, 1.54) is 12.1 Å². The molecule has 0 bridgehead atoms. The van der Waals surface area contributed by atoms with Gasteiger partial charge in [-0.3, -0.25) is 0 Å². The summed E-state index contributed by atoms with van der Waals surface area (Å²) in [6.45, 7) is 1.74. The monoisotopic (exact) mass is 327 g/mol. The first-order chi connectivity index (χ1) is 10.7. The highest BCUT2D eigenvalue weighted by Gasteiger charge is 2.38. The molecular formula is C14H12F3N3O3. The number of ether oxygens (including phenoxy) is 1. The minimum absolute atomic E-state index is 0.134. The van der Waals surface area contributed by atoms with Crippen LogP contribution in [0.1, 0.15) is 21.6 Å². The number of nitrogens with zero attached hydrogens (tertiary/aromatic N) is 2. The van der Waals surface area contributed by atoms with Gasteiger partial charge in [-0.1, -0.05) is 6.07 Å². The van der Waals surface area contributed by atoms with E-state index in [2.05, 4.69) is 20.0 Å². The first-order valence-corrected chi connectivity index (χ1v) is 6.31. The van der Waals surface area contributed by atoms with Gasteiger partial charge in [0.1, 0.15) is 11.3 Å². The van der Waals surface area contributed by atoms with Gasteiger partial charge in [0.25, 0.3) is 0 Å². The third kappa shape index (κ3) is 3.68. The molecule has 23 heavy (non-hydrogen) atoms. The van der Waals surface area contributed by atoms with E-state index in [0.717, 1.165) is 18.9 Å². The SMILES string of the molecule is COC(=O)c1cnc(Nc2ccc(C)cc2O)nc1C(F)(F)F. The Labute approximate surface area is 129 Å². The van der Waals surface area contributed by atoms with Crippen LogP contribution in [0.3, 0.4) is 0 Å². The Morgan fingerprint density at radius 3 is 2.61 bits per heavy atom. The predicted molar refractivity (Wildman–Crippen MR) is 74.5 cm³/mol. The lowest BCUT2D eigenvalue weighted by molar-refractivity contribution is -0.141. The van der Waals surface area contributed by atoms with Gasteiger partial charge in [-0.25, -0.2) is 14.8 Å². The molecule has 0 aliphatic carbocycles. The predicted octanol–water partition coefficient (Wildman–Crippen LogP) is 3.04. The van der Waals surface area contributed by atoms with Crippen LogP contribution in [0.4, 0.5) is 24.8 Å². The van der Waals surface area contributed by atoms with Gasteiger partial charge in [0, 0.05) is 6.20 Å². The number of phenolic OH excluding ortho intramolecular Hbond substituents is 1. The Bertz CT molecular complexity index is 748. The number of methoxy groups -OCH3 is 1. The molecule has 0 spiro atoms. The number of benzene rings is 1. The van der Waals surface area contributed by atoms with E-state index < -0.39 is 29.4 Å². The van der Waals surface area contributed by atoms with Gasteiger partial charge in [0.05, 0.1) is 12.8 Å². The second-order valence-electron chi connectivity index (χ2n) is 4.59. The van der Waals surface area contributed by atoms with Crippen LogP contribution >= 0.6 is 0 Å². The van der Waals surface area contributed by atoms with Crippen molar-refractivity contribution in [3.63, 3.8) is 0 Å². The minimum Gasteiger partial charge on any atom is -0.506 e. The summed E-state index contributed by atoms with van der Waals surface area (Å²) in [6.07, 6.45) is -4.15. The standard InChI is InChI=1S/C14H12F3N3O3/c1-7-3-4-9(10(21)5-7)19-13-18-6-8(12(22)23-2)11(20-13)14(15,16)17/h3-6,21H,1-2H3,(H,18,19,20). The van der Waals surface area contributed by atoms with Gasteiger partial charge in [-0.2, -0.15) is 13.2 Å². The Morgan fingerprint density at radius 2 is 2.04 bits per heavy atom. The molecule has 2 rings (SSSR count). The number of hydrogen-bond acceptors (Lipinski definition) is 6. The maximum Gasteiger partial charge on any atom is 0.434 e. The highest BCUT2D eigenvalue weighted by atomic mass is 19.4. The quantitative estimate of drug-likeness (QED) is 0.666. The van der Waals surface area contributed by atoms with Crippen molar-refractivity contribution in [3.05, 3.63) is 41.2 Å². The van der Waals surface area contributed by atoms with Gasteiger partial charge >= 0.3 is 12.1 Å². The summed E-state index contributed by atoms with van der Waals surface area (Å²) in [5.74, 6) is -1.77. The summed E-state index contributed by atoms with van der Waals surface area (Å²) in [6, 6.07) is 4.54. The Hall–Kier alpha value is -2.84. The third-order valence-corrected chi connectivity index (χ3v) is 2.86. The van der Waals surface area contributed by atoms with Gasteiger partial charge < -0.3 is 15.2 Å². The fourth-order valence-corrected chi connectivity index (χ4v) is 1.79. The molecule has 2 aromatic rings. The molecular weight excluding hydrogens is 315 g/mol. The fraction of sp³-hybridized carbons (Fsp3) is 0.214. The van der Waals surface area contributed by atoms with Crippen LogP contribution < -0.4 is 5.32 Å². The van der Waals surface area contributed by atoms with E-state index in [1.807, 2.05) is 0 Å². The number of aromatic nitrogens is 2. The zero-order chi connectivity index (χ0) is 17.2. The van der Waals surface area contributed by atoms with Gasteiger partial charge in [-0.15, -0.1) is 0 Å². The zero-order valence-electron chi connectivity index (χ0n) is 12.1. The van der Waals surface area contributed by atoms with Crippen molar-refractivity contribution < 1.29 is 27.8 Å². The second-order valence-corrected chi connectivity index (χ2v) is 4.59. The highest BCUT2D eigenvalue weighted by Crippen LogP contribution is 2.32. The average molecular weight is 327 g/mol. The van der Waals surface area contributed by atoms with Crippen LogP contribution in [0.5, 0.6) is 5.75 Å². The summed E-state index contributed by atoms with van der Waals surface area (Å²) in [5, 5.41) is 12.2. The van der Waals surface area contributed by atoms with Gasteiger partial charge in [-0.05, 0) is 24.6 Å². The molecule has 0 unspecified atom stereocenters. The van der Waals surface area contributed by atoms with E-state index in [1.54, 1.807) is 13.0 Å². The number of rotatable bonds is 3. The number of aromatic hydroxyl groups is 1. The molecule has 9 heteroatoms. The topological polar surface area (TPSA) is 84.3 Å². The van der Waals surface area contributed by atoms with Crippen molar-refractivity contribution in [2.75, 3.05) is 12.4 Å². The fourth-order valence-electron chi connectivity index (χ4n) is 1.79. The molecule has 0 saturated heterocycles. The molecule has 1 heterocycles. The largest absolute Gasteiger partial charge is 0.506 e. The molecule has 0 fully saturated rings. The van der Waals surface area contributed by atoms with E-state index in [0.29, 0.717) is 0 Å². The molecule has 2 N–H and O–H groups in total. The van der Waals surface area contributed by atoms with Crippen LogP contribution in [0.2, 0.25) is 0 Å². The molecule has 6 nitrogen and oxygen atoms in total. The molecule has 0 amide bonds. The summed E-state index contributed by atoms with van der Waals surface area (Å²) in [7, 11) is 0.957. The van der Waals surface area contributed by atoms with Crippen LogP contribution in [-0.4, -0.2) is 28.2 Å². The third-order valence-electron chi connectivity index (χ3n) is 2.86. The molecule has 0 aliphatic rings. The van der Waals surface area contributed by atoms with Crippen LogP contribution in [0.25, 0.3) is 0 Å². The van der Waals surface area contributed by atoms with Gasteiger partial charge in [0.2, 0.25) is 5.95 Å². The van der Waals surface area contributed by atoms with Crippen LogP contribution in [0.15, 0.2) is 24.4 Å².